The molecule has 0 saturated heterocycles. The van der Waals surface area contributed by atoms with E-state index < -0.39 is 0 Å². The average Bonchev–Trinajstić information content (AvgIpc) is 2.83. The molecule has 1 heterocycles. The van der Waals surface area contributed by atoms with Gasteiger partial charge in [0.15, 0.2) is 0 Å². The van der Waals surface area contributed by atoms with Crippen molar-refractivity contribution in [3.8, 4) is 5.75 Å². The summed E-state index contributed by atoms with van der Waals surface area (Å²) in [5.74, 6) is 0.548. The average molecular weight is 330 g/mol. The van der Waals surface area contributed by atoms with Gasteiger partial charge in [0.25, 0.3) is 0 Å². The summed E-state index contributed by atoms with van der Waals surface area (Å²) >= 11 is 4.92. The van der Waals surface area contributed by atoms with Gasteiger partial charge in [-0.25, -0.2) is 4.39 Å². The number of methoxy groups -OCH3 is 1. The number of hydrogen-bond donors (Lipinski definition) is 1. The van der Waals surface area contributed by atoms with E-state index in [2.05, 4.69) is 21.2 Å². The Hall–Kier alpha value is -0.910. The molecule has 0 aliphatic carbocycles. The topological polar surface area (TPSA) is 21.3 Å². The molecule has 1 aromatic heterocycles. The SMILES string of the molecule is CNC(c1cc(Br)ccc1F)c1sccc1OC. The van der Waals surface area contributed by atoms with E-state index in [1.54, 1.807) is 30.6 Å². The van der Waals surface area contributed by atoms with Gasteiger partial charge in [0.05, 0.1) is 18.0 Å². The molecular formula is C13H13BrFNOS. The van der Waals surface area contributed by atoms with Gasteiger partial charge in [0, 0.05) is 10.0 Å². The molecule has 5 heteroatoms. The molecule has 0 fully saturated rings. The maximum Gasteiger partial charge on any atom is 0.134 e. The summed E-state index contributed by atoms with van der Waals surface area (Å²) in [6, 6.07) is 6.62. The molecule has 1 N–H and O–H groups in total. The molecule has 1 atom stereocenters. The fourth-order valence-corrected chi connectivity index (χ4v) is 3.22. The van der Waals surface area contributed by atoms with Gasteiger partial charge in [-0.15, -0.1) is 11.3 Å². The smallest absolute Gasteiger partial charge is 0.134 e. The van der Waals surface area contributed by atoms with E-state index in [1.165, 1.54) is 6.07 Å². The molecule has 0 aliphatic rings. The van der Waals surface area contributed by atoms with Gasteiger partial charge in [0.2, 0.25) is 0 Å². The number of nitrogens with one attached hydrogen (secondary N) is 1. The van der Waals surface area contributed by atoms with Gasteiger partial charge < -0.3 is 10.1 Å². The number of rotatable bonds is 4. The minimum Gasteiger partial charge on any atom is -0.496 e. The number of thiophene rings is 1. The van der Waals surface area contributed by atoms with Crippen LogP contribution in [0.4, 0.5) is 4.39 Å². The second-order valence-corrected chi connectivity index (χ2v) is 5.60. The lowest BCUT2D eigenvalue weighted by atomic mass is 10.0. The van der Waals surface area contributed by atoms with Crippen LogP contribution in [-0.4, -0.2) is 14.2 Å². The van der Waals surface area contributed by atoms with Crippen LogP contribution in [0, 0.1) is 5.82 Å². The molecule has 0 radical (unpaired) electrons. The van der Waals surface area contributed by atoms with Gasteiger partial charge in [0.1, 0.15) is 11.6 Å². The third-order valence-electron chi connectivity index (χ3n) is 2.70. The summed E-state index contributed by atoms with van der Waals surface area (Å²) in [6.07, 6.45) is 0. The largest absolute Gasteiger partial charge is 0.496 e. The minimum absolute atomic E-state index is 0.211. The molecule has 2 nitrogen and oxygen atoms in total. The summed E-state index contributed by atoms with van der Waals surface area (Å²) < 4.78 is 20.1. The summed E-state index contributed by atoms with van der Waals surface area (Å²) in [6.45, 7) is 0. The highest BCUT2D eigenvalue weighted by molar-refractivity contribution is 9.10. The Morgan fingerprint density at radius 3 is 2.83 bits per heavy atom. The first-order valence-electron chi connectivity index (χ1n) is 5.41. The number of hydrogen-bond acceptors (Lipinski definition) is 3. The van der Waals surface area contributed by atoms with Crippen LogP contribution in [0.3, 0.4) is 0 Å². The van der Waals surface area contributed by atoms with Crippen LogP contribution < -0.4 is 10.1 Å². The van der Waals surface area contributed by atoms with Crippen molar-refractivity contribution < 1.29 is 9.13 Å². The number of ether oxygens (including phenoxy) is 1. The zero-order valence-corrected chi connectivity index (χ0v) is 12.4. The van der Waals surface area contributed by atoms with Crippen LogP contribution in [0.1, 0.15) is 16.5 Å². The van der Waals surface area contributed by atoms with Crippen molar-refractivity contribution in [1.82, 2.24) is 5.32 Å². The Morgan fingerprint density at radius 2 is 2.17 bits per heavy atom. The third kappa shape index (κ3) is 2.58. The van der Waals surface area contributed by atoms with Gasteiger partial charge >= 0.3 is 0 Å². The lowest BCUT2D eigenvalue weighted by molar-refractivity contribution is 0.408. The van der Waals surface area contributed by atoms with Crippen LogP contribution in [0.2, 0.25) is 0 Å². The molecule has 18 heavy (non-hydrogen) atoms. The molecule has 0 amide bonds. The fraction of sp³-hybridized carbons (Fsp3) is 0.231. The van der Waals surface area contributed by atoms with E-state index in [0.717, 1.165) is 15.1 Å². The fourth-order valence-electron chi connectivity index (χ4n) is 1.85. The van der Waals surface area contributed by atoms with Crippen molar-refractivity contribution in [1.29, 1.82) is 0 Å². The predicted octanol–water partition coefficient (Wildman–Crippen LogP) is 3.97. The van der Waals surface area contributed by atoms with Gasteiger partial charge in [-0.3, -0.25) is 0 Å². The standard InChI is InChI=1S/C13H13BrFNOS/c1-16-12(13-11(17-2)5-6-18-13)9-7-8(14)3-4-10(9)15/h3-7,12,16H,1-2H3. The first-order valence-corrected chi connectivity index (χ1v) is 7.08. The molecule has 0 bridgehead atoms. The lowest BCUT2D eigenvalue weighted by Gasteiger charge is -2.17. The van der Waals surface area contributed by atoms with Gasteiger partial charge in [-0.2, -0.15) is 0 Å². The molecule has 1 unspecified atom stereocenters. The normalized spacial score (nSPS) is 12.4. The van der Waals surface area contributed by atoms with E-state index in [1.807, 2.05) is 18.5 Å². The number of benzene rings is 1. The summed E-state index contributed by atoms with van der Waals surface area (Å²) in [5, 5.41) is 5.07. The van der Waals surface area contributed by atoms with E-state index in [9.17, 15) is 4.39 Å². The minimum atomic E-state index is -0.229. The molecule has 0 saturated carbocycles. The van der Waals surface area contributed by atoms with E-state index >= 15 is 0 Å². The monoisotopic (exact) mass is 329 g/mol. The Morgan fingerprint density at radius 1 is 1.39 bits per heavy atom. The Labute approximate surface area is 118 Å². The van der Waals surface area contributed by atoms with Gasteiger partial charge in [-0.05, 0) is 36.7 Å². The van der Waals surface area contributed by atoms with Crippen LogP contribution in [0.25, 0.3) is 0 Å². The zero-order valence-electron chi connectivity index (χ0n) is 10.0. The van der Waals surface area contributed by atoms with Crippen molar-refractivity contribution in [3.05, 3.63) is 50.4 Å². The van der Waals surface area contributed by atoms with E-state index in [0.29, 0.717) is 5.56 Å². The molecule has 96 valence electrons. The Balaban J connectivity index is 2.48. The molecule has 2 rings (SSSR count). The quantitative estimate of drug-likeness (QED) is 0.916. The van der Waals surface area contributed by atoms with Crippen molar-refractivity contribution in [2.45, 2.75) is 6.04 Å². The Kier molecular flexibility index (Phi) is 4.37. The van der Waals surface area contributed by atoms with Gasteiger partial charge in [-0.1, -0.05) is 15.9 Å². The van der Waals surface area contributed by atoms with Crippen molar-refractivity contribution in [3.63, 3.8) is 0 Å². The van der Waals surface area contributed by atoms with E-state index in [-0.39, 0.29) is 11.9 Å². The highest BCUT2D eigenvalue weighted by atomic mass is 79.9. The molecular weight excluding hydrogens is 317 g/mol. The lowest BCUT2D eigenvalue weighted by Crippen LogP contribution is -2.18. The second kappa shape index (κ2) is 5.82. The molecule has 2 aromatic rings. The summed E-state index contributed by atoms with van der Waals surface area (Å²) in [4.78, 5) is 0.969. The summed E-state index contributed by atoms with van der Waals surface area (Å²) in [5.41, 5.74) is 0.604. The van der Waals surface area contributed by atoms with Crippen LogP contribution in [-0.2, 0) is 0 Å². The maximum absolute atomic E-state index is 13.9. The third-order valence-corrected chi connectivity index (χ3v) is 4.15. The molecule has 0 spiro atoms. The predicted molar refractivity (Wildman–Crippen MR) is 75.9 cm³/mol. The van der Waals surface area contributed by atoms with Crippen molar-refractivity contribution in [2.24, 2.45) is 0 Å². The first-order chi connectivity index (χ1) is 8.67. The highest BCUT2D eigenvalue weighted by Crippen LogP contribution is 2.36. The second-order valence-electron chi connectivity index (χ2n) is 3.74. The maximum atomic E-state index is 13.9. The Bertz CT molecular complexity index is 544. The highest BCUT2D eigenvalue weighted by Gasteiger charge is 2.21. The van der Waals surface area contributed by atoms with Crippen LogP contribution >= 0.6 is 27.3 Å². The van der Waals surface area contributed by atoms with E-state index in [4.69, 9.17) is 4.74 Å². The molecule has 0 aliphatic heterocycles. The zero-order chi connectivity index (χ0) is 13.1. The van der Waals surface area contributed by atoms with Crippen LogP contribution in [0.5, 0.6) is 5.75 Å². The summed E-state index contributed by atoms with van der Waals surface area (Å²) in [7, 11) is 3.43. The van der Waals surface area contributed by atoms with Crippen LogP contribution in [0.15, 0.2) is 34.1 Å². The molecule has 1 aromatic carbocycles. The first kappa shape index (κ1) is 13.5. The number of halogens is 2. The van der Waals surface area contributed by atoms with Crippen molar-refractivity contribution in [2.75, 3.05) is 14.2 Å². The van der Waals surface area contributed by atoms with Crippen molar-refractivity contribution >= 4 is 27.3 Å².